The zero-order chi connectivity index (χ0) is 12.3. The number of thiazole rings is 1. The van der Waals surface area contributed by atoms with Gasteiger partial charge < -0.3 is 11.1 Å². The molecule has 3 unspecified atom stereocenters. The van der Waals surface area contributed by atoms with E-state index in [9.17, 15) is 4.79 Å². The third-order valence-corrected chi connectivity index (χ3v) is 4.21. The molecular formula is C12H21Cl2N3OS. The van der Waals surface area contributed by atoms with E-state index < -0.39 is 0 Å². The fraction of sp³-hybridized carbons (Fsp3) is 0.667. The Morgan fingerprint density at radius 2 is 2.32 bits per heavy atom. The number of aromatic nitrogens is 1. The first kappa shape index (κ1) is 18.6. The van der Waals surface area contributed by atoms with Gasteiger partial charge in [0.05, 0.1) is 6.04 Å². The lowest BCUT2D eigenvalue weighted by atomic mass is 10.1. The van der Waals surface area contributed by atoms with Gasteiger partial charge in [-0.1, -0.05) is 6.92 Å². The molecule has 1 heterocycles. The van der Waals surface area contributed by atoms with Crippen molar-refractivity contribution < 1.29 is 4.79 Å². The predicted molar refractivity (Wildman–Crippen MR) is 83.1 cm³/mol. The maximum Gasteiger partial charge on any atom is 0.223 e. The molecule has 0 spiro atoms. The summed E-state index contributed by atoms with van der Waals surface area (Å²) in [5.41, 5.74) is 5.83. The van der Waals surface area contributed by atoms with Crippen LogP contribution in [0.5, 0.6) is 0 Å². The second-order valence-corrected chi connectivity index (χ2v) is 5.54. The summed E-state index contributed by atoms with van der Waals surface area (Å²) in [6, 6.07) is 0.255. The number of amides is 1. The first-order valence-corrected chi connectivity index (χ1v) is 7.04. The molecule has 2 rings (SSSR count). The Bertz CT molecular complexity index is 375. The molecule has 3 atom stereocenters. The summed E-state index contributed by atoms with van der Waals surface area (Å²) in [7, 11) is 0. The van der Waals surface area contributed by atoms with E-state index >= 15 is 0 Å². The molecule has 1 aliphatic rings. The highest BCUT2D eigenvalue weighted by Gasteiger charge is 2.29. The summed E-state index contributed by atoms with van der Waals surface area (Å²) >= 11 is 1.59. The number of nitrogens with two attached hydrogens (primary N) is 1. The SMILES string of the molecule is CCC(NC(=O)C1CCC(N)C1)c1nccs1.Cl.Cl. The Morgan fingerprint density at radius 3 is 2.79 bits per heavy atom. The van der Waals surface area contributed by atoms with E-state index in [0.717, 1.165) is 30.7 Å². The van der Waals surface area contributed by atoms with Crippen LogP contribution in [0.15, 0.2) is 11.6 Å². The van der Waals surface area contributed by atoms with Crippen molar-refractivity contribution in [1.29, 1.82) is 0 Å². The van der Waals surface area contributed by atoms with Crippen LogP contribution in [-0.2, 0) is 4.79 Å². The monoisotopic (exact) mass is 325 g/mol. The van der Waals surface area contributed by atoms with Crippen molar-refractivity contribution in [3.8, 4) is 0 Å². The minimum Gasteiger partial charge on any atom is -0.347 e. The minimum absolute atomic E-state index is 0. The average Bonchev–Trinajstić information content (AvgIpc) is 2.96. The van der Waals surface area contributed by atoms with Crippen LogP contribution in [0.1, 0.15) is 43.7 Å². The lowest BCUT2D eigenvalue weighted by molar-refractivity contribution is -0.125. The Hall–Kier alpha value is -0.360. The van der Waals surface area contributed by atoms with Crippen molar-refractivity contribution in [2.45, 2.75) is 44.7 Å². The zero-order valence-corrected chi connectivity index (χ0v) is 13.3. The summed E-state index contributed by atoms with van der Waals surface area (Å²) in [5, 5.41) is 6.01. The summed E-state index contributed by atoms with van der Waals surface area (Å²) in [6.07, 6.45) is 5.35. The largest absolute Gasteiger partial charge is 0.347 e. The van der Waals surface area contributed by atoms with Crippen molar-refractivity contribution in [2.24, 2.45) is 11.7 Å². The Morgan fingerprint density at radius 1 is 1.58 bits per heavy atom. The van der Waals surface area contributed by atoms with E-state index in [1.807, 2.05) is 5.38 Å². The van der Waals surface area contributed by atoms with E-state index in [0.29, 0.717) is 0 Å². The molecule has 110 valence electrons. The molecule has 1 saturated carbocycles. The van der Waals surface area contributed by atoms with Crippen LogP contribution in [-0.4, -0.2) is 16.9 Å². The first-order valence-electron chi connectivity index (χ1n) is 6.16. The predicted octanol–water partition coefficient (Wildman–Crippen LogP) is 2.68. The highest BCUT2D eigenvalue weighted by Crippen LogP contribution is 2.26. The molecule has 1 aromatic heterocycles. The number of rotatable bonds is 4. The lowest BCUT2D eigenvalue weighted by Gasteiger charge is -2.17. The Kier molecular flexibility index (Phi) is 8.57. The van der Waals surface area contributed by atoms with Gasteiger partial charge in [-0.05, 0) is 25.7 Å². The van der Waals surface area contributed by atoms with Gasteiger partial charge in [0, 0.05) is 23.5 Å². The van der Waals surface area contributed by atoms with Crippen molar-refractivity contribution in [2.75, 3.05) is 0 Å². The second-order valence-electron chi connectivity index (χ2n) is 4.61. The molecule has 1 aliphatic carbocycles. The molecule has 0 aromatic carbocycles. The van der Waals surface area contributed by atoms with Gasteiger partial charge >= 0.3 is 0 Å². The normalized spacial score (nSPS) is 23.1. The molecule has 1 amide bonds. The van der Waals surface area contributed by atoms with E-state index in [1.165, 1.54) is 0 Å². The van der Waals surface area contributed by atoms with Crippen molar-refractivity contribution in [3.63, 3.8) is 0 Å². The maximum atomic E-state index is 12.1. The molecule has 0 radical (unpaired) electrons. The molecule has 0 aliphatic heterocycles. The van der Waals surface area contributed by atoms with Crippen molar-refractivity contribution >= 4 is 42.1 Å². The molecule has 3 N–H and O–H groups in total. The van der Waals surface area contributed by atoms with Crippen LogP contribution < -0.4 is 11.1 Å². The number of hydrogen-bond donors (Lipinski definition) is 2. The molecule has 0 saturated heterocycles. The van der Waals surface area contributed by atoms with Gasteiger partial charge in [-0.25, -0.2) is 4.98 Å². The second kappa shape index (κ2) is 8.74. The first-order chi connectivity index (χ1) is 8.20. The van der Waals surface area contributed by atoms with Crippen LogP contribution in [0.25, 0.3) is 0 Å². The summed E-state index contributed by atoms with van der Waals surface area (Å²) < 4.78 is 0. The third-order valence-electron chi connectivity index (χ3n) is 3.32. The molecule has 7 heteroatoms. The highest BCUT2D eigenvalue weighted by atomic mass is 35.5. The number of halogens is 2. The number of nitrogens with one attached hydrogen (secondary N) is 1. The fourth-order valence-corrected chi connectivity index (χ4v) is 3.06. The summed E-state index contributed by atoms with van der Waals surface area (Å²) in [4.78, 5) is 16.3. The molecule has 19 heavy (non-hydrogen) atoms. The number of carbonyl (C=O) groups is 1. The lowest BCUT2D eigenvalue weighted by Crippen LogP contribution is -2.33. The average molecular weight is 326 g/mol. The van der Waals surface area contributed by atoms with E-state index in [-0.39, 0.29) is 48.7 Å². The third kappa shape index (κ3) is 4.91. The smallest absolute Gasteiger partial charge is 0.223 e. The van der Waals surface area contributed by atoms with Gasteiger partial charge in [0.25, 0.3) is 0 Å². The van der Waals surface area contributed by atoms with Crippen molar-refractivity contribution in [1.82, 2.24) is 10.3 Å². The van der Waals surface area contributed by atoms with Crippen LogP contribution in [0, 0.1) is 5.92 Å². The van der Waals surface area contributed by atoms with Gasteiger partial charge in [0.1, 0.15) is 5.01 Å². The number of carbonyl (C=O) groups excluding carboxylic acids is 1. The van der Waals surface area contributed by atoms with Gasteiger partial charge in [-0.3, -0.25) is 4.79 Å². The van der Waals surface area contributed by atoms with Gasteiger partial charge in [0.15, 0.2) is 0 Å². The molecule has 4 nitrogen and oxygen atoms in total. The Labute approximate surface area is 130 Å². The van der Waals surface area contributed by atoms with Crippen LogP contribution in [0.3, 0.4) is 0 Å². The standard InChI is InChI=1S/C12H19N3OS.2ClH/c1-2-10(12-14-5-6-17-12)15-11(16)8-3-4-9(13)7-8;;/h5-6,8-10H,2-4,7,13H2,1H3,(H,15,16);2*1H. The van der Waals surface area contributed by atoms with Crippen LogP contribution >= 0.6 is 36.2 Å². The summed E-state index contributed by atoms with van der Waals surface area (Å²) in [6.45, 7) is 2.06. The number of hydrogen-bond acceptors (Lipinski definition) is 4. The van der Waals surface area contributed by atoms with Crippen LogP contribution in [0.2, 0.25) is 0 Å². The molecule has 1 aromatic rings. The van der Waals surface area contributed by atoms with Crippen molar-refractivity contribution in [3.05, 3.63) is 16.6 Å². The fourth-order valence-electron chi connectivity index (χ4n) is 2.29. The van der Waals surface area contributed by atoms with E-state index in [4.69, 9.17) is 5.73 Å². The van der Waals surface area contributed by atoms with E-state index in [1.54, 1.807) is 17.5 Å². The van der Waals surface area contributed by atoms with Gasteiger partial charge in [-0.2, -0.15) is 0 Å². The minimum atomic E-state index is 0. The van der Waals surface area contributed by atoms with Gasteiger partial charge in [0.2, 0.25) is 5.91 Å². The Balaban J connectivity index is 0.00000162. The zero-order valence-electron chi connectivity index (χ0n) is 10.9. The quantitative estimate of drug-likeness (QED) is 0.894. The molecular weight excluding hydrogens is 305 g/mol. The van der Waals surface area contributed by atoms with Gasteiger partial charge in [-0.15, -0.1) is 36.2 Å². The summed E-state index contributed by atoms with van der Waals surface area (Å²) in [5.74, 6) is 0.235. The highest BCUT2D eigenvalue weighted by molar-refractivity contribution is 7.09. The van der Waals surface area contributed by atoms with Crippen LogP contribution in [0.4, 0.5) is 0 Å². The molecule has 1 fully saturated rings. The van der Waals surface area contributed by atoms with E-state index in [2.05, 4.69) is 17.2 Å². The molecule has 0 bridgehead atoms. The maximum absolute atomic E-state index is 12.1. The topological polar surface area (TPSA) is 68.0 Å². The number of nitrogens with zero attached hydrogens (tertiary/aromatic N) is 1.